The first-order valence-corrected chi connectivity index (χ1v) is 7.63. The van der Waals surface area contributed by atoms with Crippen molar-refractivity contribution in [3.05, 3.63) is 57.6 Å². The summed E-state index contributed by atoms with van der Waals surface area (Å²) < 4.78 is 5.79. The van der Waals surface area contributed by atoms with Gasteiger partial charge in [-0.1, -0.05) is 41.4 Å². The predicted octanol–water partition coefficient (Wildman–Crippen LogP) is 5.02. The Labute approximate surface area is 140 Å². The van der Waals surface area contributed by atoms with Gasteiger partial charge in [0.05, 0.1) is 10.7 Å². The Balaban J connectivity index is 2.09. The van der Waals surface area contributed by atoms with E-state index in [1.165, 1.54) is 0 Å². The number of aryl methyl sites for hydroxylation is 2. The predicted molar refractivity (Wildman–Crippen MR) is 91.1 cm³/mol. The van der Waals surface area contributed by atoms with Crippen LogP contribution in [0.4, 0.5) is 5.69 Å². The molecule has 0 fully saturated rings. The quantitative estimate of drug-likeness (QED) is 0.850. The number of carbonyl (C=O) groups is 1. The van der Waals surface area contributed by atoms with E-state index < -0.39 is 6.10 Å². The molecule has 1 N–H and O–H groups in total. The van der Waals surface area contributed by atoms with Gasteiger partial charge in [0.2, 0.25) is 0 Å². The zero-order chi connectivity index (χ0) is 16.3. The molecule has 0 radical (unpaired) electrons. The van der Waals surface area contributed by atoms with Crippen molar-refractivity contribution < 1.29 is 9.53 Å². The maximum absolute atomic E-state index is 12.2. The van der Waals surface area contributed by atoms with Crippen LogP contribution in [0, 0.1) is 13.8 Å². The second-order valence-electron chi connectivity index (χ2n) is 5.09. The molecule has 22 heavy (non-hydrogen) atoms. The van der Waals surface area contributed by atoms with Gasteiger partial charge in [-0.3, -0.25) is 4.79 Å². The first-order valence-electron chi connectivity index (χ1n) is 6.87. The van der Waals surface area contributed by atoms with Crippen molar-refractivity contribution >= 4 is 34.8 Å². The van der Waals surface area contributed by atoms with E-state index >= 15 is 0 Å². The van der Waals surface area contributed by atoms with Gasteiger partial charge < -0.3 is 10.1 Å². The van der Waals surface area contributed by atoms with E-state index in [1.807, 2.05) is 32.0 Å². The largest absolute Gasteiger partial charge is 0.480 e. The molecule has 0 heterocycles. The van der Waals surface area contributed by atoms with Gasteiger partial charge in [-0.2, -0.15) is 0 Å². The van der Waals surface area contributed by atoms with Crippen LogP contribution in [0.2, 0.25) is 10.0 Å². The molecule has 0 spiro atoms. The highest BCUT2D eigenvalue weighted by atomic mass is 35.5. The smallest absolute Gasteiger partial charge is 0.265 e. The number of hydrogen-bond donors (Lipinski definition) is 1. The molecule has 0 aliphatic rings. The summed E-state index contributed by atoms with van der Waals surface area (Å²) in [6, 6.07) is 10.8. The first-order chi connectivity index (χ1) is 10.4. The van der Waals surface area contributed by atoms with Crippen molar-refractivity contribution in [1.82, 2.24) is 0 Å². The molecule has 3 nitrogen and oxygen atoms in total. The minimum Gasteiger partial charge on any atom is -0.480 e. The molecule has 5 heteroatoms. The number of para-hydroxylation sites is 1. The zero-order valence-electron chi connectivity index (χ0n) is 12.6. The third kappa shape index (κ3) is 3.93. The highest BCUT2D eigenvalue weighted by Crippen LogP contribution is 2.27. The van der Waals surface area contributed by atoms with Crippen molar-refractivity contribution in [3.63, 3.8) is 0 Å². The summed E-state index contributed by atoms with van der Waals surface area (Å²) in [5.74, 6) is 0.458. The van der Waals surface area contributed by atoms with Gasteiger partial charge in [-0.25, -0.2) is 0 Å². The molecule has 0 saturated carbocycles. The molecule has 0 saturated heterocycles. The molecule has 2 aromatic rings. The van der Waals surface area contributed by atoms with Crippen molar-refractivity contribution in [2.45, 2.75) is 26.9 Å². The van der Waals surface area contributed by atoms with Crippen molar-refractivity contribution in [2.75, 3.05) is 5.32 Å². The fraction of sp³-hybridized carbons (Fsp3) is 0.235. The molecule has 1 unspecified atom stereocenters. The Morgan fingerprint density at radius 1 is 1.14 bits per heavy atom. The third-order valence-corrected chi connectivity index (χ3v) is 3.81. The number of halogens is 2. The van der Waals surface area contributed by atoms with E-state index in [2.05, 4.69) is 5.32 Å². The van der Waals surface area contributed by atoms with E-state index in [0.717, 1.165) is 16.9 Å². The maximum atomic E-state index is 12.2. The van der Waals surface area contributed by atoms with Gasteiger partial charge in [-0.15, -0.1) is 0 Å². The molecule has 0 bridgehead atoms. The van der Waals surface area contributed by atoms with Gasteiger partial charge in [0.25, 0.3) is 5.91 Å². The number of rotatable bonds is 4. The first kappa shape index (κ1) is 16.7. The topological polar surface area (TPSA) is 38.3 Å². The lowest BCUT2D eigenvalue weighted by Gasteiger charge is -2.18. The van der Waals surface area contributed by atoms with Gasteiger partial charge in [0.1, 0.15) is 5.75 Å². The summed E-state index contributed by atoms with van der Waals surface area (Å²) >= 11 is 11.9. The molecule has 0 aromatic heterocycles. The Bertz CT molecular complexity index is 681. The Kier molecular flexibility index (Phi) is 5.33. The summed E-state index contributed by atoms with van der Waals surface area (Å²) in [4.78, 5) is 12.2. The number of nitrogens with one attached hydrogen (secondary N) is 1. The molecule has 2 rings (SSSR count). The molecule has 0 aliphatic heterocycles. The van der Waals surface area contributed by atoms with Crippen LogP contribution in [0.5, 0.6) is 5.75 Å². The van der Waals surface area contributed by atoms with E-state index in [1.54, 1.807) is 25.1 Å². The average molecular weight is 338 g/mol. The normalized spacial score (nSPS) is 11.9. The number of amides is 1. The third-order valence-electron chi connectivity index (χ3n) is 3.26. The number of benzene rings is 2. The van der Waals surface area contributed by atoms with Crippen LogP contribution in [-0.4, -0.2) is 12.0 Å². The van der Waals surface area contributed by atoms with Crippen molar-refractivity contribution in [2.24, 2.45) is 0 Å². The van der Waals surface area contributed by atoms with Crippen LogP contribution in [-0.2, 0) is 4.79 Å². The van der Waals surface area contributed by atoms with E-state index in [4.69, 9.17) is 27.9 Å². The van der Waals surface area contributed by atoms with Crippen LogP contribution < -0.4 is 10.1 Å². The fourth-order valence-corrected chi connectivity index (χ4v) is 2.50. The summed E-state index contributed by atoms with van der Waals surface area (Å²) in [5.41, 5.74) is 2.49. The van der Waals surface area contributed by atoms with Crippen LogP contribution >= 0.6 is 23.2 Å². The summed E-state index contributed by atoms with van der Waals surface area (Å²) in [5, 5.41) is 3.65. The SMILES string of the molecule is Cc1cccc(C)c1OC(C)C(=O)Nc1ccc(Cl)cc1Cl. The van der Waals surface area contributed by atoms with Crippen LogP contribution in [0.1, 0.15) is 18.1 Å². The fourth-order valence-electron chi connectivity index (χ4n) is 2.04. The monoisotopic (exact) mass is 337 g/mol. The minimum absolute atomic E-state index is 0.271. The van der Waals surface area contributed by atoms with Gasteiger partial charge in [-0.05, 0) is 50.1 Å². The van der Waals surface area contributed by atoms with Crippen LogP contribution in [0.15, 0.2) is 36.4 Å². The molecule has 0 aliphatic carbocycles. The second kappa shape index (κ2) is 7.03. The summed E-state index contributed by atoms with van der Waals surface area (Å²) in [6.07, 6.45) is -0.647. The van der Waals surface area contributed by atoms with Gasteiger partial charge >= 0.3 is 0 Å². The average Bonchev–Trinajstić information content (AvgIpc) is 2.45. The molecule has 1 atom stereocenters. The lowest BCUT2D eigenvalue weighted by Crippen LogP contribution is -2.30. The van der Waals surface area contributed by atoms with Gasteiger partial charge in [0.15, 0.2) is 6.10 Å². The molecule has 116 valence electrons. The number of hydrogen-bond acceptors (Lipinski definition) is 2. The van der Waals surface area contributed by atoms with E-state index in [0.29, 0.717) is 15.7 Å². The zero-order valence-corrected chi connectivity index (χ0v) is 14.1. The molecular weight excluding hydrogens is 321 g/mol. The minimum atomic E-state index is -0.647. The highest BCUT2D eigenvalue weighted by Gasteiger charge is 2.18. The summed E-state index contributed by atoms with van der Waals surface area (Å²) in [7, 11) is 0. The van der Waals surface area contributed by atoms with Crippen LogP contribution in [0.25, 0.3) is 0 Å². The Morgan fingerprint density at radius 2 is 1.77 bits per heavy atom. The lowest BCUT2D eigenvalue weighted by atomic mass is 10.1. The standard InChI is InChI=1S/C17H17Cl2NO2/c1-10-5-4-6-11(2)16(10)22-12(3)17(21)20-15-8-7-13(18)9-14(15)19/h4-9,12H,1-3H3,(H,20,21). The Morgan fingerprint density at radius 3 is 2.36 bits per heavy atom. The Hall–Kier alpha value is -1.71. The highest BCUT2D eigenvalue weighted by molar-refractivity contribution is 6.36. The summed E-state index contributed by atoms with van der Waals surface area (Å²) in [6.45, 7) is 5.59. The lowest BCUT2D eigenvalue weighted by molar-refractivity contribution is -0.122. The molecular formula is C17H17Cl2NO2. The second-order valence-corrected chi connectivity index (χ2v) is 5.94. The molecule has 1 amide bonds. The van der Waals surface area contributed by atoms with Crippen LogP contribution in [0.3, 0.4) is 0 Å². The van der Waals surface area contributed by atoms with Gasteiger partial charge in [0, 0.05) is 5.02 Å². The van der Waals surface area contributed by atoms with E-state index in [-0.39, 0.29) is 5.91 Å². The number of anilines is 1. The van der Waals surface area contributed by atoms with E-state index in [9.17, 15) is 4.79 Å². The van der Waals surface area contributed by atoms with Crippen molar-refractivity contribution in [3.8, 4) is 5.75 Å². The maximum Gasteiger partial charge on any atom is 0.265 e. The van der Waals surface area contributed by atoms with Crippen molar-refractivity contribution in [1.29, 1.82) is 0 Å². The molecule has 2 aromatic carbocycles. The number of ether oxygens (including phenoxy) is 1. The number of carbonyl (C=O) groups excluding carboxylic acids is 1.